The molecule has 0 aliphatic heterocycles. The number of ether oxygens (including phenoxy) is 1. The topological polar surface area (TPSA) is 51.2 Å². The van der Waals surface area contributed by atoms with Gasteiger partial charge in [-0.1, -0.05) is 0 Å². The summed E-state index contributed by atoms with van der Waals surface area (Å²) >= 11 is 0. The Hall–Kier alpha value is -2.43. The highest BCUT2D eigenvalue weighted by Crippen LogP contribution is 2.15. The highest BCUT2D eigenvalue weighted by molar-refractivity contribution is 6.05. The van der Waals surface area contributed by atoms with Crippen LogP contribution in [0.15, 0.2) is 36.5 Å². The number of benzene rings is 1. The van der Waals surface area contributed by atoms with Crippen molar-refractivity contribution in [3.8, 4) is 5.88 Å². The maximum atomic E-state index is 13.0. The summed E-state index contributed by atoms with van der Waals surface area (Å²) in [6, 6.07) is 7.43. The molecule has 1 heterocycles. The van der Waals surface area contributed by atoms with Gasteiger partial charge in [0.05, 0.1) is 18.5 Å². The minimum Gasteiger partial charge on any atom is -0.478 e. The quantitative estimate of drug-likeness (QED) is 0.931. The van der Waals surface area contributed by atoms with Crippen molar-refractivity contribution in [1.29, 1.82) is 0 Å². The van der Waals surface area contributed by atoms with Crippen molar-refractivity contribution in [2.45, 2.75) is 13.8 Å². The zero-order chi connectivity index (χ0) is 14.5. The number of hydrogen-bond donors (Lipinski definition) is 1. The van der Waals surface area contributed by atoms with Crippen LogP contribution in [-0.4, -0.2) is 17.5 Å². The molecule has 0 aliphatic carbocycles. The van der Waals surface area contributed by atoms with Crippen molar-refractivity contribution in [2.75, 3.05) is 11.9 Å². The predicted molar refractivity (Wildman–Crippen MR) is 74.5 cm³/mol. The summed E-state index contributed by atoms with van der Waals surface area (Å²) in [4.78, 5) is 16.1. The highest BCUT2D eigenvalue weighted by Gasteiger charge is 2.10. The van der Waals surface area contributed by atoms with Crippen molar-refractivity contribution in [2.24, 2.45) is 0 Å². The highest BCUT2D eigenvalue weighted by atomic mass is 19.1. The molecule has 0 radical (unpaired) electrons. The summed E-state index contributed by atoms with van der Waals surface area (Å²) < 4.78 is 18.2. The van der Waals surface area contributed by atoms with Gasteiger partial charge < -0.3 is 10.1 Å². The molecule has 1 aromatic carbocycles. The van der Waals surface area contributed by atoms with Gasteiger partial charge in [-0.25, -0.2) is 9.37 Å². The summed E-state index contributed by atoms with van der Waals surface area (Å²) in [7, 11) is 0. The van der Waals surface area contributed by atoms with Gasteiger partial charge >= 0.3 is 0 Å². The number of pyridine rings is 1. The molecule has 104 valence electrons. The Morgan fingerprint density at radius 1 is 1.35 bits per heavy atom. The van der Waals surface area contributed by atoms with Gasteiger partial charge in [0.25, 0.3) is 5.91 Å². The number of rotatable bonds is 4. The lowest BCUT2D eigenvalue weighted by molar-refractivity contribution is 0.102. The van der Waals surface area contributed by atoms with Gasteiger partial charge in [-0.15, -0.1) is 0 Å². The molecule has 1 aromatic heterocycles. The monoisotopic (exact) mass is 274 g/mol. The Labute approximate surface area is 116 Å². The molecular formula is C15H15FN2O2. The van der Waals surface area contributed by atoms with E-state index >= 15 is 0 Å². The second-order valence-electron chi connectivity index (χ2n) is 4.23. The van der Waals surface area contributed by atoms with Crippen LogP contribution in [0.1, 0.15) is 22.8 Å². The number of carbonyl (C=O) groups is 1. The number of nitrogens with zero attached hydrogens (tertiary/aromatic N) is 1. The third kappa shape index (κ3) is 3.32. The minimum absolute atomic E-state index is 0.298. The fraction of sp³-hybridized carbons (Fsp3) is 0.200. The van der Waals surface area contributed by atoms with Crippen LogP contribution in [0.25, 0.3) is 0 Å². The van der Waals surface area contributed by atoms with E-state index in [1.807, 2.05) is 6.92 Å². The molecule has 0 saturated heterocycles. The molecule has 1 N–H and O–H groups in total. The Kier molecular flexibility index (Phi) is 4.30. The molecule has 0 unspecified atom stereocenters. The van der Waals surface area contributed by atoms with Gasteiger partial charge in [0.15, 0.2) is 0 Å². The van der Waals surface area contributed by atoms with E-state index < -0.39 is 0 Å². The normalized spacial score (nSPS) is 10.2. The van der Waals surface area contributed by atoms with Gasteiger partial charge in [0.2, 0.25) is 5.88 Å². The van der Waals surface area contributed by atoms with Gasteiger partial charge in [-0.3, -0.25) is 4.79 Å². The van der Waals surface area contributed by atoms with Crippen LogP contribution in [0.3, 0.4) is 0 Å². The van der Waals surface area contributed by atoms with Crippen molar-refractivity contribution < 1.29 is 13.9 Å². The maximum Gasteiger partial charge on any atom is 0.255 e. The fourth-order valence-electron chi connectivity index (χ4n) is 1.77. The number of hydrogen-bond acceptors (Lipinski definition) is 3. The molecule has 1 amide bonds. The smallest absolute Gasteiger partial charge is 0.255 e. The number of aromatic nitrogens is 1. The van der Waals surface area contributed by atoms with Gasteiger partial charge in [0, 0.05) is 11.6 Å². The van der Waals surface area contributed by atoms with Crippen molar-refractivity contribution in [3.05, 3.63) is 53.5 Å². The first kappa shape index (κ1) is 14.0. The summed E-state index contributed by atoms with van der Waals surface area (Å²) in [5.74, 6) is -0.154. The molecule has 2 aromatic rings. The molecule has 5 heteroatoms. The van der Waals surface area contributed by atoms with Gasteiger partial charge in [-0.05, 0) is 43.7 Å². The average Bonchev–Trinajstić information content (AvgIpc) is 2.41. The number of aryl methyl sites for hydroxylation is 1. The molecule has 0 bridgehead atoms. The molecule has 0 saturated carbocycles. The molecule has 0 spiro atoms. The van der Waals surface area contributed by atoms with E-state index in [0.717, 1.165) is 0 Å². The molecule has 0 atom stereocenters. The van der Waals surface area contributed by atoms with Crippen LogP contribution in [-0.2, 0) is 0 Å². The Morgan fingerprint density at radius 2 is 2.15 bits per heavy atom. The largest absolute Gasteiger partial charge is 0.478 e. The van der Waals surface area contributed by atoms with E-state index in [0.29, 0.717) is 29.3 Å². The molecule has 0 aliphatic rings. The standard InChI is InChI=1S/C15H15FN2O2/c1-3-20-14-7-5-12(9-17-14)18-15(19)13-6-4-11(16)8-10(13)2/h4-9H,3H2,1-2H3,(H,18,19). The number of amides is 1. The van der Waals surface area contributed by atoms with E-state index in [1.165, 1.54) is 24.4 Å². The number of anilines is 1. The average molecular weight is 274 g/mol. The minimum atomic E-state index is -0.359. The van der Waals surface area contributed by atoms with E-state index in [2.05, 4.69) is 10.3 Å². The Balaban J connectivity index is 2.11. The summed E-state index contributed by atoms with van der Waals surface area (Å²) in [5, 5.41) is 2.71. The number of carbonyl (C=O) groups excluding carboxylic acids is 1. The molecule has 4 nitrogen and oxygen atoms in total. The van der Waals surface area contributed by atoms with Crippen LogP contribution >= 0.6 is 0 Å². The SMILES string of the molecule is CCOc1ccc(NC(=O)c2ccc(F)cc2C)cn1. The zero-order valence-electron chi connectivity index (χ0n) is 11.3. The fourth-order valence-corrected chi connectivity index (χ4v) is 1.77. The Bertz CT molecular complexity index is 612. The molecule has 2 rings (SSSR count). The third-order valence-corrected chi connectivity index (χ3v) is 2.72. The van der Waals surface area contributed by atoms with Crippen LogP contribution in [0, 0.1) is 12.7 Å². The number of nitrogens with one attached hydrogen (secondary N) is 1. The molecular weight excluding hydrogens is 259 g/mol. The maximum absolute atomic E-state index is 13.0. The van der Waals surface area contributed by atoms with E-state index in [4.69, 9.17) is 4.74 Å². The lowest BCUT2D eigenvalue weighted by atomic mass is 10.1. The molecule has 0 fully saturated rings. The summed E-state index contributed by atoms with van der Waals surface area (Å²) in [6.07, 6.45) is 1.52. The van der Waals surface area contributed by atoms with Crippen LogP contribution in [0.5, 0.6) is 5.88 Å². The van der Waals surface area contributed by atoms with Crippen molar-refractivity contribution in [1.82, 2.24) is 4.98 Å². The first-order chi connectivity index (χ1) is 9.60. The van der Waals surface area contributed by atoms with Gasteiger partial charge in [0.1, 0.15) is 5.82 Å². The van der Waals surface area contributed by atoms with E-state index in [1.54, 1.807) is 19.1 Å². The van der Waals surface area contributed by atoms with Crippen molar-refractivity contribution in [3.63, 3.8) is 0 Å². The third-order valence-electron chi connectivity index (χ3n) is 2.72. The van der Waals surface area contributed by atoms with Gasteiger partial charge in [-0.2, -0.15) is 0 Å². The number of halogens is 1. The summed E-state index contributed by atoms with van der Waals surface area (Å²) in [6.45, 7) is 4.09. The van der Waals surface area contributed by atoms with Crippen LogP contribution < -0.4 is 10.1 Å². The second-order valence-corrected chi connectivity index (χ2v) is 4.23. The van der Waals surface area contributed by atoms with E-state index in [9.17, 15) is 9.18 Å². The zero-order valence-corrected chi connectivity index (χ0v) is 11.3. The second kappa shape index (κ2) is 6.14. The van der Waals surface area contributed by atoms with Crippen molar-refractivity contribution >= 4 is 11.6 Å². The lowest BCUT2D eigenvalue weighted by Gasteiger charge is -2.08. The van der Waals surface area contributed by atoms with Crippen LogP contribution in [0.2, 0.25) is 0 Å². The first-order valence-corrected chi connectivity index (χ1v) is 6.26. The first-order valence-electron chi connectivity index (χ1n) is 6.26. The van der Waals surface area contributed by atoms with Crippen LogP contribution in [0.4, 0.5) is 10.1 Å². The Morgan fingerprint density at radius 3 is 2.75 bits per heavy atom. The molecule has 20 heavy (non-hydrogen) atoms. The lowest BCUT2D eigenvalue weighted by Crippen LogP contribution is -2.13. The predicted octanol–water partition coefficient (Wildman–Crippen LogP) is 3.18. The van der Waals surface area contributed by atoms with E-state index in [-0.39, 0.29) is 11.7 Å². The summed E-state index contributed by atoms with van der Waals surface area (Å²) in [5.41, 5.74) is 1.57.